The molecule has 1 amide bonds. The Bertz CT molecular complexity index is 493. The van der Waals surface area contributed by atoms with Gasteiger partial charge < -0.3 is 10.1 Å². The first-order valence-electron chi connectivity index (χ1n) is 6.13. The van der Waals surface area contributed by atoms with Crippen LogP contribution in [-0.4, -0.2) is 44.0 Å². The van der Waals surface area contributed by atoms with E-state index < -0.39 is 12.3 Å². The summed E-state index contributed by atoms with van der Waals surface area (Å²) >= 11 is 5.85. The lowest BCUT2D eigenvalue weighted by Crippen LogP contribution is -2.52. The van der Waals surface area contributed by atoms with Crippen LogP contribution in [0.25, 0.3) is 0 Å². The van der Waals surface area contributed by atoms with Crippen LogP contribution in [0.4, 0.5) is 14.5 Å². The summed E-state index contributed by atoms with van der Waals surface area (Å²) in [6.45, 7) is 0.578. The Morgan fingerprint density at radius 2 is 2.25 bits per heavy atom. The Labute approximate surface area is 120 Å². The van der Waals surface area contributed by atoms with Crippen LogP contribution in [-0.2, 0) is 4.79 Å². The van der Waals surface area contributed by atoms with Gasteiger partial charge in [0.15, 0.2) is 0 Å². The molecule has 1 aliphatic heterocycles. The topological polar surface area (TPSA) is 41.6 Å². The van der Waals surface area contributed by atoms with Crippen LogP contribution in [0.1, 0.15) is 0 Å². The highest BCUT2D eigenvalue weighted by Gasteiger charge is 2.34. The molecule has 7 heteroatoms. The molecule has 0 aliphatic carbocycles. The fourth-order valence-electron chi connectivity index (χ4n) is 2.07. The van der Waals surface area contributed by atoms with Crippen LogP contribution in [0.2, 0.25) is 5.02 Å². The summed E-state index contributed by atoms with van der Waals surface area (Å²) in [4.78, 5) is 13.5. The first-order chi connectivity index (χ1) is 9.49. The number of benzene rings is 1. The van der Waals surface area contributed by atoms with Gasteiger partial charge in [0.05, 0.1) is 19.3 Å². The molecule has 0 radical (unpaired) electrons. The van der Waals surface area contributed by atoms with Crippen LogP contribution in [0.3, 0.4) is 0 Å². The number of amides is 1. The van der Waals surface area contributed by atoms with E-state index in [1.54, 1.807) is 23.1 Å². The number of nitrogens with one attached hydrogen (secondary N) is 1. The number of methoxy groups -OCH3 is 1. The quantitative estimate of drug-likeness (QED) is 0.908. The number of hydrogen-bond acceptors (Lipinski definition) is 3. The summed E-state index contributed by atoms with van der Waals surface area (Å²) in [5.74, 6) is -0.404. The molecule has 20 heavy (non-hydrogen) atoms. The number of likely N-dealkylation sites (tertiary alicyclic amines) is 1. The number of alkyl halides is 2. The van der Waals surface area contributed by atoms with Crippen molar-refractivity contribution < 1.29 is 18.3 Å². The van der Waals surface area contributed by atoms with Gasteiger partial charge in [0.25, 0.3) is 0 Å². The smallest absolute Gasteiger partial charge is 0.243 e. The van der Waals surface area contributed by atoms with Gasteiger partial charge in [0.2, 0.25) is 12.3 Å². The predicted molar refractivity (Wildman–Crippen MR) is 72.6 cm³/mol. The molecule has 2 rings (SSSR count). The average Bonchev–Trinajstić information content (AvgIpc) is 2.33. The highest BCUT2D eigenvalue weighted by molar-refractivity contribution is 6.31. The molecule has 4 nitrogen and oxygen atoms in total. The molecule has 0 saturated carbocycles. The summed E-state index contributed by atoms with van der Waals surface area (Å²) in [7, 11) is 1.49. The molecule has 0 aromatic heterocycles. The van der Waals surface area contributed by atoms with Crippen molar-refractivity contribution in [3.8, 4) is 5.75 Å². The van der Waals surface area contributed by atoms with Gasteiger partial charge in [-0.3, -0.25) is 9.69 Å². The van der Waals surface area contributed by atoms with Gasteiger partial charge in [0, 0.05) is 24.0 Å². The van der Waals surface area contributed by atoms with E-state index in [4.69, 9.17) is 16.3 Å². The first-order valence-corrected chi connectivity index (χ1v) is 6.51. The summed E-state index contributed by atoms with van der Waals surface area (Å²) in [5.41, 5.74) is 0.468. The molecule has 1 saturated heterocycles. The second-order valence-corrected chi connectivity index (χ2v) is 5.12. The van der Waals surface area contributed by atoms with Crippen molar-refractivity contribution in [1.82, 2.24) is 4.90 Å². The van der Waals surface area contributed by atoms with E-state index in [0.717, 1.165) is 0 Å². The molecule has 1 fully saturated rings. The lowest BCUT2D eigenvalue weighted by atomic mass is 10.0. The minimum atomic E-state index is -2.32. The molecule has 0 spiro atoms. The van der Waals surface area contributed by atoms with E-state index in [1.165, 1.54) is 7.11 Å². The summed E-state index contributed by atoms with van der Waals surface area (Å²) < 4.78 is 29.8. The van der Waals surface area contributed by atoms with E-state index >= 15 is 0 Å². The summed E-state index contributed by atoms with van der Waals surface area (Å²) in [5, 5.41) is 3.14. The number of ether oxygens (including phenoxy) is 1. The van der Waals surface area contributed by atoms with Gasteiger partial charge >= 0.3 is 0 Å². The van der Waals surface area contributed by atoms with Crippen LogP contribution < -0.4 is 10.1 Å². The van der Waals surface area contributed by atoms with Crippen LogP contribution >= 0.6 is 11.6 Å². The van der Waals surface area contributed by atoms with E-state index in [1.807, 2.05) is 0 Å². The van der Waals surface area contributed by atoms with Crippen molar-refractivity contribution in [2.45, 2.75) is 6.43 Å². The second kappa shape index (κ2) is 6.37. The molecule has 0 bridgehead atoms. The van der Waals surface area contributed by atoms with Gasteiger partial charge in [0.1, 0.15) is 5.75 Å². The molecule has 1 N–H and O–H groups in total. The number of hydrogen-bond donors (Lipinski definition) is 1. The molecule has 1 aromatic carbocycles. The van der Waals surface area contributed by atoms with Gasteiger partial charge in [-0.15, -0.1) is 0 Å². The largest absolute Gasteiger partial charge is 0.495 e. The standard InChI is InChI=1S/C13H15ClF2N2O2/c1-20-11-3-2-9(14)4-10(11)17-12(19)7-18-5-8(6-18)13(15)16/h2-4,8,13H,5-7H2,1H3,(H,17,19). The SMILES string of the molecule is COc1ccc(Cl)cc1NC(=O)CN1CC(C(F)F)C1. The zero-order chi connectivity index (χ0) is 14.7. The van der Waals surface area contributed by atoms with Gasteiger partial charge in [-0.1, -0.05) is 11.6 Å². The first kappa shape index (κ1) is 15.0. The highest BCUT2D eigenvalue weighted by Crippen LogP contribution is 2.28. The molecular weight excluding hydrogens is 290 g/mol. The summed E-state index contributed by atoms with van der Waals surface area (Å²) in [6, 6.07) is 4.88. The van der Waals surface area contributed by atoms with Crippen molar-refractivity contribution in [3.05, 3.63) is 23.2 Å². The number of halogens is 3. The Hall–Kier alpha value is -1.40. The Balaban J connectivity index is 1.88. The third kappa shape index (κ3) is 3.58. The molecular formula is C13H15ClF2N2O2. The lowest BCUT2D eigenvalue weighted by molar-refractivity contribution is -0.120. The van der Waals surface area contributed by atoms with Crippen molar-refractivity contribution in [2.24, 2.45) is 5.92 Å². The minimum Gasteiger partial charge on any atom is -0.495 e. The van der Waals surface area contributed by atoms with Gasteiger partial charge in [-0.2, -0.15) is 0 Å². The number of carbonyl (C=O) groups excluding carboxylic acids is 1. The number of nitrogens with zero attached hydrogens (tertiary/aromatic N) is 1. The highest BCUT2D eigenvalue weighted by atomic mass is 35.5. The van der Waals surface area contributed by atoms with Crippen LogP contribution in [0.5, 0.6) is 5.75 Å². The summed E-state index contributed by atoms with van der Waals surface area (Å²) in [6.07, 6.45) is -2.32. The van der Waals surface area contributed by atoms with Crippen molar-refractivity contribution >= 4 is 23.2 Å². The molecule has 1 aliphatic rings. The second-order valence-electron chi connectivity index (χ2n) is 4.68. The molecule has 110 valence electrons. The predicted octanol–water partition coefficient (Wildman–Crippen LogP) is 2.48. The van der Waals surface area contributed by atoms with Crippen molar-refractivity contribution in [1.29, 1.82) is 0 Å². The van der Waals surface area contributed by atoms with E-state index in [-0.39, 0.29) is 25.5 Å². The monoisotopic (exact) mass is 304 g/mol. The maximum Gasteiger partial charge on any atom is 0.243 e. The Morgan fingerprint density at radius 1 is 1.55 bits per heavy atom. The average molecular weight is 305 g/mol. The molecule has 0 unspecified atom stereocenters. The number of rotatable bonds is 5. The Kier molecular flexibility index (Phi) is 4.77. The normalized spacial score (nSPS) is 16.1. The lowest BCUT2D eigenvalue weighted by Gasteiger charge is -2.38. The third-order valence-electron chi connectivity index (χ3n) is 3.14. The number of carbonyl (C=O) groups is 1. The fourth-order valence-corrected chi connectivity index (χ4v) is 2.24. The van der Waals surface area contributed by atoms with Gasteiger partial charge in [-0.25, -0.2) is 8.78 Å². The van der Waals surface area contributed by atoms with Crippen LogP contribution in [0, 0.1) is 5.92 Å². The third-order valence-corrected chi connectivity index (χ3v) is 3.38. The zero-order valence-corrected chi connectivity index (χ0v) is 11.7. The van der Waals surface area contributed by atoms with Crippen molar-refractivity contribution in [2.75, 3.05) is 32.1 Å². The molecule has 1 heterocycles. The van der Waals surface area contributed by atoms with E-state index in [2.05, 4.69) is 5.32 Å². The molecule has 1 aromatic rings. The van der Waals surface area contributed by atoms with E-state index in [0.29, 0.717) is 16.5 Å². The van der Waals surface area contributed by atoms with Gasteiger partial charge in [-0.05, 0) is 18.2 Å². The van der Waals surface area contributed by atoms with Crippen LogP contribution in [0.15, 0.2) is 18.2 Å². The maximum atomic E-state index is 12.3. The number of anilines is 1. The Morgan fingerprint density at radius 3 is 2.85 bits per heavy atom. The maximum absolute atomic E-state index is 12.3. The minimum absolute atomic E-state index is 0.0822. The van der Waals surface area contributed by atoms with E-state index in [9.17, 15) is 13.6 Å². The fraction of sp³-hybridized carbons (Fsp3) is 0.462. The zero-order valence-electron chi connectivity index (χ0n) is 10.9. The molecule has 0 atom stereocenters. The van der Waals surface area contributed by atoms with Crippen molar-refractivity contribution in [3.63, 3.8) is 0 Å².